The van der Waals surface area contributed by atoms with Gasteiger partial charge in [-0.1, -0.05) is 6.08 Å². The molecule has 0 saturated carbocycles. The van der Waals surface area contributed by atoms with Crippen molar-refractivity contribution in [2.45, 2.75) is 0 Å². The lowest BCUT2D eigenvalue weighted by Crippen LogP contribution is -2.28. The van der Waals surface area contributed by atoms with Gasteiger partial charge in [-0.15, -0.1) is 6.58 Å². The molecule has 0 spiro atoms. The highest BCUT2D eigenvalue weighted by atomic mass is 16.5. The Morgan fingerprint density at radius 1 is 1.75 bits per heavy atom. The summed E-state index contributed by atoms with van der Waals surface area (Å²) in [6.45, 7) is 5.22. The minimum atomic E-state index is -0.818. The summed E-state index contributed by atoms with van der Waals surface area (Å²) in [6, 6.07) is 0. The largest absolute Gasteiger partial charge is 0.480 e. The van der Waals surface area contributed by atoms with E-state index in [1.807, 2.05) is 0 Å². The van der Waals surface area contributed by atoms with Crippen LogP contribution in [0, 0.1) is 0 Å². The summed E-state index contributed by atoms with van der Waals surface area (Å²) in [5.74, 6) is -0.818. The highest BCUT2D eigenvalue weighted by molar-refractivity contribution is 5.68. The van der Waals surface area contributed by atoms with E-state index in [-0.39, 0.29) is 6.54 Å². The molecule has 4 nitrogen and oxygen atoms in total. The molecule has 0 bridgehead atoms. The number of nitrogens with zero attached hydrogens (tertiary/aromatic N) is 1. The van der Waals surface area contributed by atoms with Crippen LogP contribution in [0.2, 0.25) is 0 Å². The van der Waals surface area contributed by atoms with Gasteiger partial charge in [-0.2, -0.15) is 0 Å². The molecule has 0 amide bonds. The van der Waals surface area contributed by atoms with Crippen LogP contribution < -0.4 is 0 Å². The molecule has 4 heteroatoms. The van der Waals surface area contributed by atoms with Crippen LogP contribution in [-0.2, 0) is 9.53 Å². The van der Waals surface area contributed by atoms with Crippen LogP contribution in [0.4, 0.5) is 0 Å². The van der Waals surface area contributed by atoms with Gasteiger partial charge in [0.25, 0.3) is 0 Å². The molecule has 0 aromatic carbocycles. The van der Waals surface area contributed by atoms with Gasteiger partial charge in [0.2, 0.25) is 0 Å². The molecule has 0 aliphatic heterocycles. The Kier molecular flexibility index (Phi) is 6.32. The van der Waals surface area contributed by atoms with Crippen molar-refractivity contribution in [3.05, 3.63) is 12.7 Å². The average Bonchev–Trinajstić information content (AvgIpc) is 1.97. The lowest BCUT2D eigenvalue weighted by atomic mass is 10.5. The Bertz CT molecular complexity index is 147. The molecule has 0 fully saturated rings. The van der Waals surface area contributed by atoms with Crippen molar-refractivity contribution < 1.29 is 14.6 Å². The third kappa shape index (κ3) is 7.24. The van der Waals surface area contributed by atoms with Gasteiger partial charge in [-0.3, -0.25) is 9.69 Å². The first-order valence-corrected chi connectivity index (χ1v) is 3.75. The van der Waals surface area contributed by atoms with Gasteiger partial charge in [0, 0.05) is 6.54 Å². The second-order valence-corrected chi connectivity index (χ2v) is 2.50. The third-order valence-corrected chi connectivity index (χ3v) is 1.26. The molecule has 0 aliphatic rings. The summed E-state index contributed by atoms with van der Waals surface area (Å²) < 4.78 is 5.08. The fourth-order valence-electron chi connectivity index (χ4n) is 0.697. The predicted octanol–water partition coefficient (Wildman–Crippen LogP) is 0.205. The predicted molar refractivity (Wildman–Crippen MR) is 46.1 cm³/mol. The van der Waals surface area contributed by atoms with Gasteiger partial charge in [0.1, 0.15) is 0 Å². The topological polar surface area (TPSA) is 49.8 Å². The van der Waals surface area contributed by atoms with Crippen LogP contribution in [0.5, 0.6) is 0 Å². The van der Waals surface area contributed by atoms with Crippen LogP contribution in [0.25, 0.3) is 0 Å². The number of carboxylic acids is 1. The number of aliphatic carboxylic acids is 1. The second kappa shape index (κ2) is 6.82. The molecular formula is C8H15NO3. The Balaban J connectivity index is 3.24. The van der Waals surface area contributed by atoms with Crippen molar-refractivity contribution in [2.75, 3.05) is 33.4 Å². The van der Waals surface area contributed by atoms with E-state index >= 15 is 0 Å². The zero-order valence-electron chi connectivity index (χ0n) is 7.32. The summed E-state index contributed by atoms with van der Waals surface area (Å²) in [7, 11) is 1.74. The molecule has 0 unspecified atom stereocenters. The van der Waals surface area contributed by atoms with Gasteiger partial charge >= 0.3 is 5.97 Å². The summed E-state index contributed by atoms with van der Waals surface area (Å²) in [6.07, 6.45) is 1.66. The number of hydrogen-bond donors (Lipinski definition) is 1. The highest BCUT2D eigenvalue weighted by Crippen LogP contribution is 1.83. The van der Waals surface area contributed by atoms with E-state index in [9.17, 15) is 4.79 Å². The number of likely N-dealkylation sites (N-methyl/N-ethyl adjacent to an activating group) is 1. The highest BCUT2D eigenvalue weighted by Gasteiger charge is 2.02. The van der Waals surface area contributed by atoms with Gasteiger partial charge in [0.15, 0.2) is 0 Å². The molecule has 0 aromatic heterocycles. The molecule has 0 rings (SSSR count). The number of hydrogen-bond acceptors (Lipinski definition) is 3. The molecule has 0 aromatic rings. The van der Waals surface area contributed by atoms with Crippen molar-refractivity contribution in [1.29, 1.82) is 0 Å². The van der Waals surface area contributed by atoms with Gasteiger partial charge in [-0.25, -0.2) is 0 Å². The summed E-state index contributed by atoms with van der Waals surface area (Å²) >= 11 is 0. The minimum Gasteiger partial charge on any atom is -0.480 e. The maximum atomic E-state index is 10.2. The molecule has 70 valence electrons. The normalized spacial score (nSPS) is 10.2. The van der Waals surface area contributed by atoms with Crippen molar-refractivity contribution >= 4 is 5.97 Å². The van der Waals surface area contributed by atoms with E-state index < -0.39 is 5.97 Å². The van der Waals surface area contributed by atoms with Crippen LogP contribution >= 0.6 is 0 Å². The monoisotopic (exact) mass is 173 g/mol. The van der Waals surface area contributed by atoms with Crippen LogP contribution in [-0.4, -0.2) is 49.3 Å². The molecule has 0 heterocycles. The standard InChI is InChI=1S/C8H15NO3/c1-3-5-12-6-4-9(2)7-8(10)11/h3H,1,4-7H2,2H3,(H,10,11). The van der Waals surface area contributed by atoms with E-state index in [1.165, 1.54) is 0 Å². The summed E-state index contributed by atoms with van der Waals surface area (Å²) in [5.41, 5.74) is 0. The SMILES string of the molecule is C=CCOCCN(C)CC(=O)O. The molecule has 0 saturated heterocycles. The Hall–Kier alpha value is -0.870. The van der Waals surface area contributed by atoms with Crippen molar-refractivity contribution in [3.8, 4) is 0 Å². The fourth-order valence-corrected chi connectivity index (χ4v) is 0.697. The van der Waals surface area contributed by atoms with Crippen LogP contribution in [0.15, 0.2) is 12.7 Å². The van der Waals surface area contributed by atoms with E-state index in [0.29, 0.717) is 19.8 Å². The van der Waals surface area contributed by atoms with E-state index in [2.05, 4.69) is 6.58 Å². The van der Waals surface area contributed by atoms with E-state index in [1.54, 1.807) is 18.0 Å². The van der Waals surface area contributed by atoms with Gasteiger partial charge < -0.3 is 9.84 Å². The van der Waals surface area contributed by atoms with Crippen molar-refractivity contribution in [3.63, 3.8) is 0 Å². The zero-order chi connectivity index (χ0) is 9.40. The molecule has 12 heavy (non-hydrogen) atoms. The molecular weight excluding hydrogens is 158 g/mol. The lowest BCUT2D eigenvalue weighted by Gasteiger charge is -2.12. The first kappa shape index (κ1) is 11.1. The second-order valence-electron chi connectivity index (χ2n) is 2.50. The van der Waals surface area contributed by atoms with Crippen LogP contribution in [0.1, 0.15) is 0 Å². The summed E-state index contributed by atoms with van der Waals surface area (Å²) in [5, 5.41) is 8.39. The molecule has 0 atom stereocenters. The van der Waals surface area contributed by atoms with E-state index in [0.717, 1.165) is 0 Å². The zero-order valence-corrected chi connectivity index (χ0v) is 7.32. The number of carbonyl (C=O) groups is 1. The van der Waals surface area contributed by atoms with E-state index in [4.69, 9.17) is 9.84 Å². The average molecular weight is 173 g/mol. The Morgan fingerprint density at radius 2 is 2.42 bits per heavy atom. The first-order chi connectivity index (χ1) is 5.66. The maximum absolute atomic E-state index is 10.2. The lowest BCUT2D eigenvalue weighted by molar-refractivity contribution is -0.138. The van der Waals surface area contributed by atoms with Gasteiger partial charge in [0.05, 0.1) is 19.8 Å². The number of rotatable bonds is 7. The smallest absolute Gasteiger partial charge is 0.317 e. The minimum absolute atomic E-state index is 0.0530. The van der Waals surface area contributed by atoms with Crippen molar-refractivity contribution in [2.24, 2.45) is 0 Å². The maximum Gasteiger partial charge on any atom is 0.317 e. The first-order valence-electron chi connectivity index (χ1n) is 3.75. The quantitative estimate of drug-likeness (QED) is 0.441. The van der Waals surface area contributed by atoms with Gasteiger partial charge in [-0.05, 0) is 7.05 Å². The molecule has 0 aliphatic carbocycles. The summed E-state index contributed by atoms with van der Waals surface area (Å²) in [4.78, 5) is 11.9. The fraction of sp³-hybridized carbons (Fsp3) is 0.625. The number of ether oxygens (including phenoxy) is 1. The Morgan fingerprint density at radius 3 is 2.92 bits per heavy atom. The third-order valence-electron chi connectivity index (χ3n) is 1.26. The molecule has 0 radical (unpaired) electrons. The van der Waals surface area contributed by atoms with Crippen molar-refractivity contribution in [1.82, 2.24) is 4.90 Å². The van der Waals surface area contributed by atoms with Crippen LogP contribution in [0.3, 0.4) is 0 Å². The number of carboxylic acid groups (broad SMARTS) is 1. The molecule has 1 N–H and O–H groups in total. The Labute approximate surface area is 72.4 Å².